The third kappa shape index (κ3) is 3.28. The monoisotopic (exact) mass is 459 g/mol. The number of nitro benzene ring substituents is 1. The second kappa shape index (κ2) is 8.09. The summed E-state index contributed by atoms with van der Waals surface area (Å²) in [7, 11) is 0. The van der Waals surface area contributed by atoms with Crippen molar-refractivity contribution in [2.45, 2.75) is 12.1 Å². The van der Waals surface area contributed by atoms with Gasteiger partial charge in [0, 0.05) is 12.1 Å². The minimum atomic E-state index is -1.19. The number of nitrogens with zero attached hydrogens (tertiary/aromatic N) is 3. The molecule has 3 aromatic rings. The zero-order valence-corrected chi connectivity index (χ0v) is 17.5. The molecule has 2 aliphatic heterocycles. The van der Waals surface area contributed by atoms with E-state index in [1.54, 1.807) is 48.5 Å². The van der Waals surface area contributed by atoms with Crippen LogP contribution in [0, 0.1) is 16.0 Å². The molecule has 34 heavy (non-hydrogen) atoms. The number of hydrogen-bond donors (Lipinski definition) is 1. The minimum absolute atomic E-state index is 0.00767. The molecule has 10 nitrogen and oxygen atoms in total. The van der Waals surface area contributed by atoms with Gasteiger partial charge < -0.3 is 5.11 Å². The van der Waals surface area contributed by atoms with E-state index < -0.39 is 40.8 Å². The van der Waals surface area contributed by atoms with Gasteiger partial charge in [-0.1, -0.05) is 36.4 Å². The maximum absolute atomic E-state index is 13.6. The number of nitro groups is 1. The summed E-state index contributed by atoms with van der Waals surface area (Å²) in [6, 6.07) is 19.2. The molecule has 2 aliphatic rings. The smallest absolute Gasteiger partial charge is 0.336 e. The summed E-state index contributed by atoms with van der Waals surface area (Å²) < 4.78 is 0. The predicted octanol–water partition coefficient (Wildman–Crippen LogP) is 3.34. The van der Waals surface area contributed by atoms with Crippen molar-refractivity contribution in [3.63, 3.8) is 0 Å². The molecule has 2 saturated heterocycles. The summed E-state index contributed by atoms with van der Waals surface area (Å²) in [5.74, 6) is -3.40. The predicted molar refractivity (Wildman–Crippen MR) is 119 cm³/mol. The first-order valence-corrected chi connectivity index (χ1v) is 10.3. The zero-order chi connectivity index (χ0) is 24.0. The van der Waals surface area contributed by atoms with Gasteiger partial charge in [0.2, 0.25) is 5.91 Å². The number of fused-ring (bicyclic) bond motifs is 1. The molecule has 2 fully saturated rings. The standard InChI is InChI=1S/C24H17N3O7/c28-22-19-20(17-8-4-5-9-18(17)24(30)31)26(15-6-2-1-3-7-15)34-21(19)23(29)25(22)14-10-12-16(13-11-14)27(32)33/h1-13,19-21H,(H,30,31)/t19-,20-,21-/m1/s1. The molecule has 3 atom stereocenters. The summed E-state index contributed by atoms with van der Waals surface area (Å²) in [5, 5.41) is 22.1. The SMILES string of the molecule is O=C(O)c1ccccc1[C@@H]1[C@H]2C(=O)N(c3ccc([N+](=O)[O-])cc3)C(=O)[C@@H]2ON1c1ccccc1. The van der Waals surface area contributed by atoms with Crippen LogP contribution in [0.2, 0.25) is 0 Å². The Labute approximate surface area is 192 Å². The van der Waals surface area contributed by atoms with Crippen molar-refractivity contribution in [1.82, 2.24) is 0 Å². The minimum Gasteiger partial charge on any atom is -0.478 e. The Bertz CT molecular complexity index is 1310. The van der Waals surface area contributed by atoms with Crippen LogP contribution < -0.4 is 9.96 Å². The van der Waals surface area contributed by atoms with Gasteiger partial charge in [-0.05, 0) is 35.9 Å². The van der Waals surface area contributed by atoms with E-state index in [4.69, 9.17) is 4.84 Å². The van der Waals surface area contributed by atoms with Gasteiger partial charge in [-0.15, -0.1) is 0 Å². The largest absolute Gasteiger partial charge is 0.478 e. The molecule has 170 valence electrons. The lowest BCUT2D eigenvalue weighted by atomic mass is 9.88. The third-order valence-electron chi connectivity index (χ3n) is 5.95. The summed E-state index contributed by atoms with van der Waals surface area (Å²) in [4.78, 5) is 56.1. The Balaban J connectivity index is 1.60. The number of hydroxylamine groups is 1. The van der Waals surface area contributed by atoms with Gasteiger partial charge in [-0.25, -0.2) is 14.8 Å². The van der Waals surface area contributed by atoms with Crippen LogP contribution in [0.5, 0.6) is 0 Å². The Morgan fingerprint density at radius 2 is 1.53 bits per heavy atom. The number of amides is 2. The number of non-ortho nitro benzene ring substituents is 1. The number of carboxylic acid groups (broad SMARTS) is 1. The Kier molecular flexibility index (Phi) is 5.06. The van der Waals surface area contributed by atoms with Gasteiger partial charge in [0.25, 0.3) is 11.6 Å². The number of rotatable bonds is 5. The van der Waals surface area contributed by atoms with E-state index in [0.717, 1.165) is 4.90 Å². The van der Waals surface area contributed by atoms with E-state index in [0.29, 0.717) is 11.3 Å². The first kappa shape index (κ1) is 21.3. The lowest BCUT2D eigenvalue weighted by Crippen LogP contribution is -2.37. The molecule has 2 heterocycles. The zero-order valence-electron chi connectivity index (χ0n) is 17.5. The maximum Gasteiger partial charge on any atom is 0.336 e. The third-order valence-corrected chi connectivity index (χ3v) is 5.95. The molecule has 1 N–H and O–H groups in total. The van der Waals surface area contributed by atoms with Gasteiger partial charge in [-0.3, -0.25) is 24.5 Å². The van der Waals surface area contributed by atoms with Crippen molar-refractivity contribution in [3.05, 3.63) is 100 Å². The lowest BCUT2D eigenvalue weighted by Gasteiger charge is -2.29. The second-order valence-corrected chi connectivity index (χ2v) is 7.84. The number of anilines is 2. The quantitative estimate of drug-likeness (QED) is 0.349. The van der Waals surface area contributed by atoms with Crippen LogP contribution in [0.3, 0.4) is 0 Å². The first-order chi connectivity index (χ1) is 16.4. The molecule has 0 aliphatic carbocycles. The molecular weight excluding hydrogens is 442 g/mol. The summed E-state index contributed by atoms with van der Waals surface area (Å²) in [5.41, 5.74) is 0.882. The molecule has 0 saturated carbocycles. The number of carbonyl (C=O) groups excluding carboxylic acids is 2. The van der Waals surface area contributed by atoms with Crippen LogP contribution in [-0.4, -0.2) is 33.9 Å². The maximum atomic E-state index is 13.6. The van der Waals surface area contributed by atoms with Crippen molar-refractivity contribution < 1.29 is 29.3 Å². The number of hydrogen-bond acceptors (Lipinski definition) is 7. The number of para-hydroxylation sites is 1. The Morgan fingerprint density at radius 1 is 0.882 bits per heavy atom. The summed E-state index contributed by atoms with van der Waals surface area (Å²) >= 11 is 0. The number of carboxylic acids is 1. The molecule has 10 heteroatoms. The van der Waals surface area contributed by atoms with Crippen molar-refractivity contribution >= 4 is 34.8 Å². The number of aromatic carboxylic acids is 1. The molecule has 5 rings (SSSR count). The molecule has 0 unspecified atom stereocenters. The Hall–Kier alpha value is -4.57. The van der Waals surface area contributed by atoms with Crippen LogP contribution in [-0.2, 0) is 14.4 Å². The molecule has 0 bridgehead atoms. The van der Waals surface area contributed by atoms with E-state index in [1.165, 1.54) is 35.4 Å². The molecule has 0 spiro atoms. The van der Waals surface area contributed by atoms with Gasteiger partial charge >= 0.3 is 5.97 Å². The van der Waals surface area contributed by atoms with Crippen LogP contribution >= 0.6 is 0 Å². The highest BCUT2D eigenvalue weighted by Crippen LogP contribution is 2.48. The molecular formula is C24H17N3O7. The highest BCUT2D eigenvalue weighted by atomic mass is 16.7. The molecule has 0 radical (unpaired) electrons. The van der Waals surface area contributed by atoms with E-state index in [-0.39, 0.29) is 16.9 Å². The van der Waals surface area contributed by atoms with Crippen molar-refractivity contribution in [3.8, 4) is 0 Å². The summed E-state index contributed by atoms with van der Waals surface area (Å²) in [6.45, 7) is 0. The lowest BCUT2D eigenvalue weighted by molar-refractivity contribution is -0.384. The van der Waals surface area contributed by atoms with Crippen molar-refractivity contribution in [2.75, 3.05) is 9.96 Å². The normalized spacial score (nSPS) is 21.6. The highest BCUT2D eigenvalue weighted by molar-refractivity contribution is 6.24. The average molecular weight is 459 g/mol. The van der Waals surface area contributed by atoms with Crippen LogP contribution in [0.15, 0.2) is 78.9 Å². The van der Waals surface area contributed by atoms with Crippen LogP contribution in [0.25, 0.3) is 0 Å². The van der Waals surface area contributed by atoms with E-state index in [2.05, 4.69) is 0 Å². The van der Waals surface area contributed by atoms with Gasteiger partial charge in [0.1, 0.15) is 5.92 Å². The topological polar surface area (TPSA) is 130 Å². The average Bonchev–Trinajstić information content (AvgIpc) is 3.35. The molecule has 3 aromatic carbocycles. The highest BCUT2D eigenvalue weighted by Gasteiger charge is 2.60. The van der Waals surface area contributed by atoms with Crippen molar-refractivity contribution in [2.24, 2.45) is 5.92 Å². The van der Waals surface area contributed by atoms with Crippen LogP contribution in [0.1, 0.15) is 22.0 Å². The second-order valence-electron chi connectivity index (χ2n) is 7.84. The van der Waals surface area contributed by atoms with Crippen molar-refractivity contribution in [1.29, 1.82) is 0 Å². The number of imide groups is 1. The van der Waals surface area contributed by atoms with Gasteiger partial charge in [0.05, 0.1) is 27.9 Å². The molecule has 2 amide bonds. The fourth-order valence-electron chi connectivity index (χ4n) is 4.46. The van der Waals surface area contributed by atoms with Gasteiger partial charge in [0.15, 0.2) is 6.10 Å². The van der Waals surface area contributed by atoms with E-state index in [1.807, 2.05) is 0 Å². The van der Waals surface area contributed by atoms with E-state index >= 15 is 0 Å². The van der Waals surface area contributed by atoms with Gasteiger partial charge in [-0.2, -0.15) is 0 Å². The fraction of sp³-hybridized carbons (Fsp3) is 0.125. The first-order valence-electron chi connectivity index (χ1n) is 10.3. The summed E-state index contributed by atoms with van der Waals surface area (Å²) in [6.07, 6.45) is -1.19. The number of carbonyl (C=O) groups is 3. The van der Waals surface area contributed by atoms with E-state index in [9.17, 15) is 29.6 Å². The van der Waals surface area contributed by atoms with Crippen LogP contribution in [0.4, 0.5) is 17.1 Å². The molecule has 0 aromatic heterocycles. The fourth-order valence-corrected chi connectivity index (χ4v) is 4.46. The number of benzene rings is 3. The Morgan fingerprint density at radius 3 is 2.18 bits per heavy atom.